The minimum absolute atomic E-state index is 0.0716. The molecule has 4 rings (SSSR count). The standard InChI is InChI=1S/C29H39ClN6O6/c1-29(10-13-35(2)14-11-29)42-28(39)18-5-7-19(8-6-18)32-24(37)17-36-12-9-22(23(16-36)40-3)33-26(38)20-15-21(30)25(31)34-27(20)41-4/h5-8,15,22-23H,9-14,16-17H2,1-4H3,(H2,31,34)(H,32,37)(H,33,38)/t22-,23+/m1/s1. The molecule has 0 aliphatic carbocycles. The molecule has 1 aromatic heterocycles. The van der Waals surface area contributed by atoms with Crippen molar-refractivity contribution < 1.29 is 28.6 Å². The normalized spacial score (nSPS) is 20.9. The molecule has 2 aromatic rings. The molecule has 12 nitrogen and oxygen atoms in total. The number of amides is 2. The van der Waals surface area contributed by atoms with Crippen LogP contribution in [0.1, 0.15) is 46.9 Å². The number of pyridine rings is 1. The van der Waals surface area contributed by atoms with E-state index < -0.39 is 11.5 Å². The van der Waals surface area contributed by atoms with Gasteiger partial charge in [0.05, 0.1) is 36.4 Å². The maximum atomic E-state index is 13.0. The van der Waals surface area contributed by atoms with E-state index in [1.165, 1.54) is 13.2 Å². The summed E-state index contributed by atoms with van der Waals surface area (Å²) < 4.78 is 16.7. The summed E-state index contributed by atoms with van der Waals surface area (Å²) in [5.74, 6) is -0.827. The number of nitrogen functional groups attached to an aromatic ring is 1. The van der Waals surface area contributed by atoms with Crippen LogP contribution in [0.2, 0.25) is 5.02 Å². The lowest BCUT2D eigenvalue weighted by Gasteiger charge is -2.37. The highest BCUT2D eigenvalue weighted by Crippen LogP contribution is 2.27. The fourth-order valence-corrected chi connectivity index (χ4v) is 5.30. The van der Waals surface area contributed by atoms with Crippen molar-refractivity contribution in [3.63, 3.8) is 0 Å². The predicted molar refractivity (Wildman–Crippen MR) is 159 cm³/mol. The summed E-state index contributed by atoms with van der Waals surface area (Å²) in [6.07, 6.45) is 1.79. The number of anilines is 2. The van der Waals surface area contributed by atoms with Crippen LogP contribution in [0.4, 0.5) is 11.5 Å². The number of nitrogens with zero attached hydrogens (tertiary/aromatic N) is 3. The number of piperidine rings is 2. The summed E-state index contributed by atoms with van der Waals surface area (Å²) in [6, 6.07) is 7.82. The molecule has 0 unspecified atom stereocenters. The van der Waals surface area contributed by atoms with E-state index in [9.17, 15) is 14.4 Å². The minimum atomic E-state index is -0.472. The second kappa shape index (κ2) is 13.7. The first-order valence-electron chi connectivity index (χ1n) is 13.9. The number of likely N-dealkylation sites (tertiary alicyclic amines) is 2. The molecule has 2 atom stereocenters. The number of benzene rings is 1. The van der Waals surface area contributed by atoms with Crippen molar-refractivity contribution in [3.05, 3.63) is 46.5 Å². The number of rotatable bonds is 9. The van der Waals surface area contributed by atoms with Gasteiger partial charge >= 0.3 is 5.97 Å². The Hall–Kier alpha value is -3.45. The number of nitrogens with two attached hydrogens (primary N) is 1. The van der Waals surface area contributed by atoms with E-state index in [0.717, 1.165) is 25.9 Å². The van der Waals surface area contributed by atoms with Crippen LogP contribution in [-0.4, -0.2) is 104 Å². The average molecular weight is 603 g/mol. The number of ether oxygens (including phenoxy) is 3. The van der Waals surface area contributed by atoms with Crippen molar-refractivity contribution in [2.24, 2.45) is 0 Å². The zero-order valence-corrected chi connectivity index (χ0v) is 25.2. The molecule has 0 bridgehead atoms. The van der Waals surface area contributed by atoms with E-state index in [0.29, 0.717) is 30.8 Å². The molecule has 13 heteroatoms. The maximum Gasteiger partial charge on any atom is 0.338 e. The van der Waals surface area contributed by atoms with Crippen LogP contribution in [0.25, 0.3) is 0 Å². The number of halogens is 1. The SMILES string of the molecule is COc1nc(N)c(Cl)cc1C(=O)N[C@@H]1CCN(CC(=O)Nc2ccc(C(=O)OC3(C)CCN(C)CC3)cc2)C[C@@H]1OC. The van der Waals surface area contributed by atoms with Gasteiger partial charge in [-0.25, -0.2) is 4.79 Å². The molecule has 3 heterocycles. The first-order chi connectivity index (χ1) is 20.0. The first kappa shape index (κ1) is 31.5. The van der Waals surface area contributed by atoms with Gasteiger partial charge in [0.25, 0.3) is 5.91 Å². The Bertz CT molecular complexity index is 1280. The number of carbonyl (C=O) groups excluding carboxylic acids is 3. The lowest BCUT2D eigenvalue weighted by atomic mass is 9.93. The van der Waals surface area contributed by atoms with Crippen LogP contribution in [0.3, 0.4) is 0 Å². The van der Waals surface area contributed by atoms with Crippen molar-refractivity contribution in [3.8, 4) is 5.88 Å². The maximum absolute atomic E-state index is 13.0. The van der Waals surface area contributed by atoms with Gasteiger partial charge in [0.1, 0.15) is 17.0 Å². The van der Waals surface area contributed by atoms with E-state index in [4.69, 9.17) is 31.5 Å². The van der Waals surface area contributed by atoms with E-state index in [2.05, 4.69) is 27.6 Å². The predicted octanol–water partition coefficient (Wildman–Crippen LogP) is 2.42. The second-order valence-electron chi connectivity index (χ2n) is 11.1. The Morgan fingerprint density at radius 2 is 1.83 bits per heavy atom. The van der Waals surface area contributed by atoms with Crippen LogP contribution in [0.15, 0.2) is 30.3 Å². The van der Waals surface area contributed by atoms with Gasteiger partial charge < -0.3 is 35.5 Å². The van der Waals surface area contributed by atoms with Gasteiger partial charge in [0.2, 0.25) is 11.8 Å². The van der Waals surface area contributed by atoms with Crippen LogP contribution in [0.5, 0.6) is 5.88 Å². The molecule has 0 spiro atoms. The van der Waals surface area contributed by atoms with Crippen molar-refractivity contribution >= 4 is 40.9 Å². The number of hydrogen-bond donors (Lipinski definition) is 3. The van der Waals surface area contributed by atoms with Crippen LogP contribution >= 0.6 is 11.6 Å². The van der Waals surface area contributed by atoms with Gasteiger partial charge in [-0.15, -0.1) is 0 Å². The molecule has 1 aromatic carbocycles. The van der Waals surface area contributed by atoms with Gasteiger partial charge in [-0.05, 0) is 63.6 Å². The number of aromatic nitrogens is 1. The third-order valence-electron chi connectivity index (χ3n) is 7.82. The average Bonchev–Trinajstić information content (AvgIpc) is 2.96. The van der Waals surface area contributed by atoms with E-state index in [1.54, 1.807) is 31.4 Å². The smallest absolute Gasteiger partial charge is 0.338 e. The summed E-state index contributed by atoms with van der Waals surface area (Å²) in [6.45, 7) is 4.89. The van der Waals surface area contributed by atoms with Crippen molar-refractivity contribution in [2.45, 2.75) is 43.9 Å². The van der Waals surface area contributed by atoms with Crippen molar-refractivity contribution in [2.75, 3.05) is 65.0 Å². The summed E-state index contributed by atoms with van der Waals surface area (Å²) in [7, 11) is 5.02. The largest absolute Gasteiger partial charge is 0.480 e. The molecule has 2 fully saturated rings. The van der Waals surface area contributed by atoms with E-state index >= 15 is 0 Å². The van der Waals surface area contributed by atoms with Gasteiger partial charge in [-0.2, -0.15) is 4.98 Å². The topological polar surface area (TPSA) is 148 Å². The van der Waals surface area contributed by atoms with Crippen LogP contribution < -0.4 is 21.1 Å². The Labute approximate surface area is 250 Å². The van der Waals surface area contributed by atoms with Crippen LogP contribution in [0, 0.1) is 0 Å². The fraction of sp³-hybridized carbons (Fsp3) is 0.517. The summed E-state index contributed by atoms with van der Waals surface area (Å²) in [5, 5.41) is 6.00. The number of esters is 1. The zero-order valence-electron chi connectivity index (χ0n) is 24.4. The highest BCUT2D eigenvalue weighted by molar-refractivity contribution is 6.33. The van der Waals surface area contributed by atoms with Gasteiger partial charge in [-0.1, -0.05) is 11.6 Å². The number of nitrogens with one attached hydrogen (secondary N) is 2. The Morgan fingerprint density at radius 3 is 2.48 bits per heavy atom. The molecular formula is C29H39ClN6O6. The molecule has 42 heavy (non-hydrogen) atoms. The summed E-state index contributed by atoms with van der Waals surface area (Å²) >= 11 is 6.06. The molecule has 4 N–H and O–H groups in total. The molecule has 2 aliphatic heterocycles. The second-order valence-corrected chi connectivity index (χ2v) is 11.5. The molecule has 2 amide bonds. The minimum Gasteiger partial charge on any atom is -0.480 e. The highest BCUT2D eigenvalue weighted by Gasteiger charge is 2.34. The van der Waals surface area contributed by atoms with Gasteiger partial charge in [0, 0.05) is 39.0 Å². The fourth-order valence-electron chi connectivity index (χ4n) is 5.15. The van der Waals surface area contributed by atoms with E-state index in [-0.39, 0.29) is 52.9 Å². The monoisotopic (exact) mass is 602 g/mol. The Balaban J connectivity index is 1.27. The van der Waals surface area contributed by atoms with Gasteiger partial charge in [0.15, 0.2) is 0 Å². The number of hydrogen-bond acceptors (Lipinski definition) is 10. The molecule has 2 saturated heterocycles. The Kier molecular flexibility index (Phi) is 10.3. The molecule has 228 valence electrons. The van der Waals surface area contributed by atoms with Gasteiger partial charge in [-0.3, -0.25) is 14.5 Å². The van der Waals surface area contributed by atoms with Crippen LogP contribution in [-0.2, 0) is 14.3 Å². The molecule has 0 saturated carbocycles. The quantitative estimate of drug-likeness (QED) is 0.365. The van der Waals surface area contributed by atoms with Crippen molar-refractivity contribution in [1.29, 1.82) is 0 Å². The lowest BCUT2D eigenvalue weighted by Crippen LogP contribution is -2.55. The van der Waals surface area contributed by atoms with Crippen molar-refractivity contribution in [1.82, 2.24) is 20.1 Å². The summed E-state index contributed by atoms with van der Waals surface area (Å²) in [5.41, 5.74) is 6.44. The summed E-state index contributed by atoms with van der Waals surface area (Å²) in [4.78, 5) is 46.7. The molecular weight excluding hydrogens is 564 g/mol. The third-order valence-corrected chi connectivity index (χ3v) is 8.13. The lowest BCUT2D eigenvalue weighted by molar-refractivity contribution is -0.118. The first-order valence-corrected chi connectivity index (χ1v) is 14.3. The molecule has 2 aliphatic rings. The Morgan fingerprint density at radius 1 is 1.14 bits per heavy atom. The number of methoxy groups -OCH3 is 2. The third kappa shape index (κ3) is 7.88. The zero-order chi connectivity index (χ0) is 30.4. The van der Waals surface area contributed by atoms with E-state index in [1.807, 2.05) is 11.8 Å². The highest BCUT2D eigenvalue weighted by atomic mass is 35.5. The number of carbonyl (C=O) groups is 3. The molecule has 0 radical (unpaired) electrons.